The Morgan fingerprint density at radius 1 is 1.16 bits per heavy atom. The van der Waals surface area contributed by atoms with Crippen molar-refractivity contribution in [2.24, 2.45) is 0 Å². The first kappa shape index (κ1) is 17.3. The largest absolute Gasteiger partial charge is 0.351 e. The van der Waals surface area contributed by atoms with E-state index in [2.05, 4.69) is 20.8 Å². The number of anilines is 1. The van der Waals surface area contributed by atoms with E-state index < -0.39 is 0 Å². The monoisotopic (exact) mass is 360 g/mol. The van der Waals surface area contributed by atoms with Crippen molar-refractivity contribution in [1.29, 1.82) is 0 Å². The fraction of sp³-hybridized carbons (Fsp3) is 0.235. The van der Waals surface area contributed by atoms with E-state index in [0.717, 1.165) is 5.69 Å². The number of para-hydroxylation sites is 1. The minimum atomic E-state index is -0.337. The van der Waals surface area contributed by atoms with Crippen LogP contribution in [0.1, 0.15) is 11.6 Å². The summed E-state index contributed by atoms with van der Waals surface area (Å²) < 4.78 is 15.9. The van der Waals surface area contributed by atoms with Gasteiger partial charge in [0.25, 0.3) is 0 Å². The zero-order chi connectivity index (χ0) is 17.8. The number of nitrogens with zero attached hydrogens (tertiary/aromatic N) is 5. The molecule has 0 radical (unpaired) electrons. The highest BCUT2D eigenvalue weighted by Crippen LogP contribution is 2.29. The molecular weight excluding hydrogens is 343 g/mol. The van der Waals surface area contributed by atoms with Crippen molar-refractivity contribution in [2.45, 2.75) is 6.04 Å². The van der Waals surface area contributed by atoms with Gasteiger partial charge in [0.1, 0.15) is 5.82 Å². The van der Waals surface area contributed by atoms with Gasteiger partial charge in [-0.15, -0.1) is 0 Å². The topological polar surface area (TPSA) is 58.9 Å². The van der Waals surface area contributed by atoms with E-state index >= 15 is 0 Å². The zero-order valence-corrected chi connectivity index (χ0v) is 14.7. The lowest BCUT2D eigenvalue weighted by Gasteiger charge is -2.26. The molecule has 3 aromatic rings. The van der Waals surface area contributed by atoms with E-state index in [1.807, 2.05) is 49.3 Å². The number of tetrazole rings is 1. The van der Waals surface area contributed by atoms with Crippen LogP contribution in [0.3, 0.4) is 0 Å². The molecule has 6 nitrogen and oxygen atoms in total. The number of hydrogen-bond donors (Lipinski definition) is 1. The summed E-state index contributed by atoms with van der Waals surface area (Å²) in [5.41, 5.74) is 1.28. The maximum atomic E-state index is 14.3. The van der Waals surface area contributed by atoms with Gasteiger partial charge in [0, 0.05) is 17.1 Å². The molecule has 0 aliphatic heterocycles. The number of likely N-dealkylation sites (N-methyl/N-ethyl adjacent to an activating group) is 1. The van der Waals surface area contributed by atoms with Crippen LogP contribution in [-0.2, 0) is 0 Å². The van der Waals surface area contributed by atoms with Crippen molar-refractivity contribution < 1.29 is 4.39 Å². The maximum absolute atomic E-state index is 14.3. The van der Waals surface area contributed by atoms with Crippen LogP contribution in [-0.4, -0.2) is 45.7 Å². The Kier molecular flexibility index (Phi) is 5.25. The van der Waals surface area contributed by atoms with Crippen LogP contribution in [0.15, 0.2) is 48.5 Å². The second kappa shape index (κ2) is 7.58. The molecule has 1 aromatic heterocycles. The van der Waals surface area contributed by atoms with E-state index in [1.165, 1.54) is 6.07 Å². The zero-order valence-electron chi connectivity index (χ0n) is 13.9. The number of nitrogens with one attached hydrogen (secondary N) is 1. The highest BCUT2D eigenvalue weighted by Gasteiger charge is 2.22. The lowest BCUT2D eigenvalue weighted by molar-refractivity contribution is 0.303. The van der Waals surface area contributed by atoms with Gasteiger partial charge >= 0.3 is 0 Å². The van der Waals surface area contributed by atoms with Crippen LogP contribution in [0.4, 0.5) is 10.3 Å². The molecule has 1 N–H and O–H groups in total. The molecule has 8 heteroatoms. The Balaban J connectivity index is 1.84. The predicted molar refractivity (Wildman–Crippen MR) is 95.5 cm³/mol. The van der Waals surface area contributed by atoms with Crippen LogP contribution >= 0.6 is 11.6 Å². The lowest BCUT2D eigenvalue weighted by Crippen LogP contribution is -2.28. The molecule has 25 heavy (non-hydrogen) atoms. The van der Waals surface area contributed by atoms with Crippen LogP contribution in [0.25, 0.3) is 5.69 Å². The molecule has 0 fully saturated rings. The van der Waals surface area contributed by atoms with Crippen molar-refractivity contribution >= 4 is 17.5 Å². The quantitative estimate of drug-likeness (QED) is 0.731. The SMILES string of the molecule is CN(C)[C@H](CNc1nnnn1-c1ccccc1)c1c(F)cccc1Cl. The van der Waals surface area contributed by atoms with Crippen LogP contribution < -0.4 is 5.32 Å². The van der Waals surface area contributed by atoms with Gasteiger partial charge in [-0.2, -0.15) is 4.68 Å². The summed E-state index contributed by atoms with van der Waals surface area (Å²) in [5.74, 6) is 0.140. The van der Waals surface area contributed by atoms with Crippen molar-refractivity contribution in [3.8, 4) is 5.69 Å². The van der Waals surface area contributed by atoms with Gasteiger partial charge in [0.2, 0.25) is 5.95 Å². The summed E-state index contributed by atoms with van der Waals surface area (Å²) in [5, 5.41) is 15.3. The van der Waals surface area contributed by atoms with Gasteiger partial charge in [-0.3, -0.25) is 0 Å². The average molecular weight is 361 g/mol. The lowest BCUT2D eigenvalue weighted by atomic mass is 10.1. The normalized spacial score (nSPS) is 12.4. The molecule has 0 bridgehead atoms. The van der Waals surface area contributed by atoms with Crippen molar-refractivity contribution in [1.82, 2.24) is 25.1 Å². The molecule has 0 unspecified atom stereocenters. The second-order valence-corrected chi connectivity index (χ2v) is 6.15. The Bertz CT molecular complexity index is 816. The van der Waals surface area contributed by atoms with Gasteiger partial charge in [0.05, 0.1) is 11.7 Å². The van der Waals surface area contributed by atoms with E-state index in [9.17, 15) is 4.39 Å². The molecule has 0 saturated carbocycles. The Morgan fingerprint density at radius 2 is 1.92 bits per heavy atom. The summed E-state index contributed by atoms with van der Waals surface area (Å²) in [4.78, 5) is 1.90. The molecule has 2 aromatic carbocycles. The van der Waals surface area contributed by atoms with E-state index in [-0.39, 0.29) is 11.9 Å². The highest BCUT2D eigenvalue weighted by molar-refractivity contribution is 6.31. The molecule has 130 valence electrons. The van der Waals surface area contributed by atoms with Gasteiger partial charge in [0.15, 0.2) is 0 Å². The number of aromatic nitrogens is 4. The molecule has 0 amide bonds. The molecule has 3 rings (SSSR count). The van der Waals surface area contributed by atoms with E-state index in [0.29, 0.717) is 23.1 Å². The average Bonchev–Trinajstić information content (AvgIpc) is 3.06. The van der Waals surface area contributed by atoms with Crippen LogP contribution in [0, 0.1) is 5.82 Å². The second-order valence-electron chi connectivity index (χ2n) is 5.75. The van der Waals surface area contributed by atoms with Crippen molar-refractivity contribution in [2.75, 3.05) is 26.0 Å². The van der Waals surface area contributed by atoms with Crippen molar-refractivity contribution in [3.05, 3.63) is 64.9 Å². The van der Waals surface area contributed by atoms with Crippen molar-refractivity contribution in [3.63, 3.8) is 0 Å². The first-order chi connectivity index (χ1) is 12.1. The molecule has 0 spiro atoms. The Hall–Kier alpha value is -2.51. The highest BCUT2D eigenvalue weighted by atomic mass is 35.5. The minimum absolute atomic E-state index is 0.283. The maximum Gasteiger partial charge on any atom is 0.247 e. The molecular formula is C17H18ClFN6. The molecule has 0 aliphatic rings. The summed E-state index contributed by atoms with van der Waals surface area (Å²) in [6.07, 6.45) is 0. The number of halogens is 2. The predicted octanol–water partition coefficient (Wildman–Crippen LogP) is 3.17. The summed E-state index contributed by atoms with van der Waals surface area (Å²) >= 11 is 6.22. The minimum Gasteiger partial charge on any atom is -0.351 e. The third-order valence-electron chi connectivity index (χ3n) is 3.88. The first-order valence-electron chi connectivity index (χ1n) is 7.76. The number of hydrogen-bond acceptors (Lipinski definition) is 5. The summed E-state index contributed by atoms with van der Waals surface area (Å²) in [6.45, 7) is 0.390. The molecule has 1 atom stereocenters. The molecule has 0 saturated heterocycles. The first-order valence-corrected chi connectivity index (χ1v) is 8.13. The van der Waals surface area contributed by atoms with Crippen LogP contribution in [0.5, 0.6) is 0 Å². The fourth-order valence-electron chi connectivity index (χ4n) is 2.60. The standard InChI is InChI=1S/C17H18ClFN6/c1-24(2)15(16-13(18)9-6-10-14(16)19)11-20-17-21-22-23-25(17)12-7-4-3-5-8-12/h3-10,15H,11H2,1-2H3,(H,20,21,23)/t15-/m1/s1. The van der Waals surface area contributed by atoms with Gasteiger partial charge in [-0.25, -0.2) is 4.39 Å². The Morgan fingerprint density at radius 3 is 2.60 bits per heavy atom. The summed E-state index contributed by atoms with van der Waals surface area (Å²) in [7, 11) is 3.74. The number of rotatable bonds is 6. The van der Waals surface area contributed by atoms with Gasteiger partial charge in [-0.1, -0.05) is 41.0 Å². The summed E-state index contributed by atoms with van der Waals surface area (Å²) in [6, 6.07) is 13.9. The van der Waals surface area contributed by atoms with E-state index in [1.54, 1.807) is 16.8 Å². The number of benzene rings is 2. The van der Waals surface area contributed by atoms with E-state index in [4.69, 9.17) is 11.6 Å². The third kappa shape index (κ3) is 3.78. The molecule has 1 heterocycles. The molecule has 0 aliphatic carbocycles. The smallest absolute Gasteiger partial charge is 0.247 e. The van der Waals surface area contributed by atoms with Gasteiger partial charge < -0.3 is 10.2 Å². The van der Waals surface area contributed by atoms with Gasteiger partial charge in [-0.05, 0) is 48.8 Å². The Labute approximate surface area is 150 Å². The van der Waals surface area contributed by atoms with Crippen LogP contribution in [0.2, 0.25) is 5.02 Å². The fourth-order valence-corrected chi connectivity index (χ4v) is 2.89. The third-order valence-corrected chi connectivity index (χ3v) is 4.21.